The van der Waals surface area contributed by atoms with Crippen LogP contribution in [0.15, 0.2) is 17.1 Å². The zero-order valence-electron chi connectivity index (χ0n) is 20.5. The van der Waals surface area contributed by atoms with Gasteiger partial charge < -0.3 is 10.1 Å². The van der Waals surface area contributed by atoms with E-state index in [2.05, 4.69) is 15.6 Å². The Bertz CT molecular complexity index is 1030. The van der Waals surface area contributed by atoms with Crippen LogP contribution in [0.3, 0.4) is 0 Å². The highest BCUT2D eigenvalue weighted by Crippen LogP contribution is 2.23. The molecule has 36 heavy (non-hydrogen) atoms. The van der Waals surface area contributed by atoms with Gasteiger partial charge in [0.1, 0.15) is 11.6 Å². The van der Waals surface area contributed by atoms with Gasteiger partial charge in [0.25, 0.3) is 0 Å². The molecule has 0 spiro atoms. The number of halogens is 3. The number of alkyl halides is 3. The zero-order valence-corrected chi connectivity index (χ0v) is 22.2. The van der Waals surface area contributed by atoms with E-state index in [1.807, 2.05) is 10.8 Å². The van der Waals surface area contributed by atoms with Gasteiger partial charge in [-0.1, -0.05) is 0 Å². The summed E-state index contributed by atoms with van der Waals surface area (Å²) in [6.07, 6.45) is -1.80. The fraction of sp³-hybridized carbons (Fsp3) is 0.682. The van der Waals surface area contributed by atoms with E-state index in [-0.39, 0.29) is 12.3 Å². The molecule has 1 aliphatic rings. The van der Waals surface area contributed by atoms with E-state index >= 15 is 0 Å². The first-order chi connectivity index (χ1) is 16.6. The molecule has 0 aliphatic carbocycles. The van der Waals surface area contributed by atoms with E-state index in [4.69, 9.17) is 4.74 Å². The minimum Gasteiger partial charge on any atom is -0.459 e. The maximum absolute atomic E-state index is 12.7. The Hall–Kier alpha value is -2.19. The van der Waals surface area contributed by atoms with Gasteiger partial charge in [0, 0.05) is 35.7 Å². The first-order valence-corrected chi connectivity index (χ1v) is 14.0. The first-order valence-electron chi connectivity index (χ1n) is 11.6. The van der Waals surface area contributed by atoms with Gasteiger partial charge >= 0.3 is 12.1 Å². The van der Waals surface area contributed by atoms with Crippen LogP contribution in [-0.2, 0) is 37.2 Å². The summed E-state index contributed by atoms with van der Waals surface area (Å²) in [7, 11) is -4.81. The number of amides is 1. The fourth-order valence-corrected chi connectivity index (χ4v) is 5.52. The van der Waals surface area contributed by atoms with Crippen LogP contribution < -0.4 is 15.4 Å². The number of aliphatic imine (C=N–C) groups is 1. The molecule has 1 unspecified atom stereocenters. The number of hydrogen-bond acceptors (Lipinski definition) is 8. The van der Waals surface area contributed by atoms with E-state index in [0.29, 0.717) is 36.6 Å². The molecule has 1 atom stereocenters. The number of ether oxygens (including phenoxy) is 1. The van der Waals surface area contributed by atoms with Gasteiger partial charge in [-0.05, 0) is 58.6 Å². The Kier molecular flexibility index (Phi) is 10.7. The lowest BCUT2D eigenvalue weighted by molar-refractivity contribution is -0.157. The van der Waals surface area contributed by atoms with Crippen LogP contribution in [0, 0.1) is 0 Å². The van der Waals surface area contributed by atoms with Gasteiger partial charge in [0.05, 0.1) is 0 Å². The van der Waals surface area contributed by atoms with E-state index < -0.39 is 39.6 Å². The summed E-state index contributed by atoms with van der Waals surface area (Å²) in [5.74, 6) is -2.67. The monoisotopic (exact) mass is 554 g/mol. The molecule has 1 aromatic heterocycles. The van der Waals surface area contributed by atoms with E-state index in [1.165, 1.54) is 11.3 Å². The van der Waals surface area contributed by atoms with Gasteiger partial charge in [0.15, 0.2) is 11.7 Å². The number of sulfonamides is 1. The SMILES string of the molecule is CC(C)(C)OC(=O)C(Cc1ccc(CCCCC(=O)NC2=NCCCN2)s1)NS(=O)(=O)CC(F)(F)F. The number of hydrogen-bond donors (Lipinski definition) is 3. The largest absolute Gasteiger partial charge is 0.459 e. The molecule has 9 nitrogen and oxygen atoms in total. The Morgan fingerprint density at radius 3 is 2.50 bits per heavy atom. The third-order valence-corrected chi connectivity index (χ3v) is 7.24. The minimum atomic E-state index is -4.95. The third-order valence-electron chi connectivity index (χ3n) is 4.72. The Morgan fingerprint density at radius 1 is 1.19 bits per heavy atom. The van der Waals surface area contributed by atoms with E-state index in [9.17, 15) is 31.2 Å². The lowest BCUT2D eigenvalue weighted by Gasteiger charge is -2.24. The van der Waals surface area contributed by atoms with Crippen molar-refractivity contribution in [2.75, 3.05) is 18.8 Å². The Balaban J connectivity index is 1.91. The normalized spacial score (nSPS) is 15.6. The molecule has 3 N–H and O–H groups in total. The highest BCUT2D eigenvalue weighted by atomic mass is 32.2. The molecule has 0 bridgehead atoms. The molecule has 1 aromatic rings. The quantitative estimate of drug-likeness (QED) is 0.285. The van der Waals surface area contributed by atoms with Crippen molar-refractivity contribution < 1.29 is 35.9 Å². The van der Waals surface area contributed by atoms with Crippen LogP contribution in [0.25, 0.3) is 0 Å². The third kappa shape index (κ3) is 12.2. The molecule has 1 aliphatic heterocycles. The van der Waals surface area contributed by atoms with Crippen LogP contribution in [0.5, 0.6) is 0 Å². The second kappa shape index (κ2) is 12.9. The molecule has 2 rings (SSSR count). The molecular formula is C22H33F3N4O5S2. The van der Waals surface area contributed by atoms with Crippen LogP contribution in [0.2, 0.25) is 0 Å². The Labute approximate surface area is 213 Å². The van der Waals surface area contributed by atoms with Crippen molar-refractivity contribution >= 4 is 39.2 Å². The van der Waals surface area contributed by atoms with Crippen molar-refractivity contribution in [1.82, 2.24) is 15.4 Å². The van der Waals surface area contributed by atoms with Crippen LogP contribution >= 0.6 is 11.3 Å². The predicted octanol–water partition coefficient (Wildman–Crippen LogP) is 2.66. The summed E-state index contributed by atoms with van der Waals surface area (Å²) in [6, 6.07) is 2.02. The molecule has 14 heteroatoms. The van der Waals surface area contributed by atoms with E-state index in [1.54, 1.807) is 26.8 Å². The van der Waals surface area contributed by atoms with Gasteiger partial charge in [0.2, 0.25) is 15.9 Å². The number of esters is 1. The summed E-state index contributed by atoms with van der Waals surface area (Å²) >= 11 is 1.33. The summed E-state index contributed by atoms with van der Waals surface area (Å²) in [4.78, 5) is 30.3. The second-order valence-corrected chi connectivity index (χ2v) is 12.4. The van der Waals surface area contributed by atoms with Crippen molar-refractivity contribution in [2.45, 2.75) is 77.1 Å². The van der Waals surface area contributed by atoms with Crippen molar-refractivity contribution in [2.24, 2.45) is 4.99 Å². The molecule has 0 saturated heterocycles. The zero-order chi connectivity index (χ0) is 27.0. The van der Waals surface area contributed by atoms with Gasteiger partial charge in [-0.3, -0.25) is 19.9 Å². The first kappa shape index (κ1) is 30.0. The van der Waals surface area contributed by atoms with Gasteiger partial charge in [-0.15, -0.1) is 11.3 Å². The summed E-state index contributed by atoms with van der Waals surface area (Å²) < 4.78 is 69.0. The number of carbonyl (C=O) groups excluding carboxylic acids is 2. The topological polar surface area (TPSA) is 126 Å². The number of nitrogens with zero attached hydrogens (tertiary/aromatic N) is 1. The number of guanidine groups is 1. The van der Waals surface area contributed by atoms with Crippen LogP contribution in [0.4, 0.5) is 13.2 Å². The fourth-order valence-electron chi connectivity index (χ4n) is 3.28. The maximum atomic E-state index is 12.7. The summed E-state index contributed by atoms with van der Waals surface area (Å²) in [5, 5.41) is 5.75. The predicted molar refractivity (Wildman–Crippen MR) is 131 cm³/mol. The maximum Gasteiger partial charge on any atom is 0.404 e. The lowest BCUT2D eigenvalue weighted by atomic mass is 10.1. The van der Waals surface area contributed by atoms with Crippen LogP contribution in [-0.4, -0.2) is 62.9 Å². The lowest BCUT2D eigenvalue weighted by Crippen LogP contribution is -2.47. The highest BCUT2D eigenvalue weighted by Gasteiger charge is 2.38. The number of thiophene rings is 1. The summed E-state index contributed by atoms with van der Waals surface area (Å²) in [6.45, 7) is 6.19. The van der Waals surface area contributed by atoms with Crippen molar-refractivity contribution in [3.05, 3.63) is 21.9 Å². The number of carbonyl (C=O) groups is 2. The van der Waals surface area contributed by atoms with Crippen LogP contribution in [0.1, 0.15) is 56.2 Å². The number of unbranched alkanes of at least 4 members (excludes halogenated alkanes) is 1. The number of rotatable bonds is 11. The molecule has 0 saturated carbocycles. The molecule has 0 radical (unpaired) electrons. The van der Waals surface area contributed by atoms with Gasteiger partial charge in [-0.2, -0.15) is 13.2 Å². The molecule has 204 valence electrons. The number of nitrogens with one attached hydrogen (secondary N) is 3. The molecule has 1 amide bonds. The van der Waals surface area contributed by atoms with Crippen molar-refractivity contribution in [3.63, 3.8) is 0 Å². The molecule has 2 heterocycles. The van der Waals surface area contributed by atoms with Crippen molar-refractivity contribution in [3.8, 4) is 0 Å². The van der Waals surface area contributed by atoms with Gasteiger partial charge in [-0.25, -0.2) is 13.1 Å². The Morgan fingerprint density at radius 2 is 1.89 bits per heavy atom. The molecular weight excluding hydrogens is 521 g/mol. The summed E-state index contributed by atoms with van der Waals surface area (Å²) in [5.41, 5.74) is -0.947. The second-order valence-electron chi connectivity index (χ2n) is 9.42. The average Bonchev–Trinajstić information content (AvgIpc) is 3.15. The molecule has 0 fully saturated rings. The standard InChI is InChI=1S/C22H33F3N4O5S2/c1-21(2,3)34-19(31)17(29-36(32,33)14-22(23,24)25)13-16-10-9-15(35-16)7-4-5-8-18(30)28-20-26-11-6-12-27-20/h9-10,17,29H,4-8,11-14H2,1-3H3,(H2,26,27,28,30). The molecule has 0 aromatic carbocycles. The smallest absolute Gasteiger partial charge is 0.404 e. The minimum absolute atomic E-state index is 0.124. The van der Waals surface area contributed by atoms with Crippen molar-refractivity contribution in [1.29, 1.82) is 0 Å². The van der Waals surface area contributed by atoms with E-state index in [0.717, 1.165) is 24.3 Å². The average molecular weight is 555 g/mol. The number of aryl methyl sites for hydroxylation is 1. The highest BCUT2D eigenvalue weighted by molar-refractivity contribution is 7.89.